The van der Waals surface area contributed by atoms with Gasteiger partial charge in [-0.2, -0.15) is 0 Å². The number of aliphatic hydroxyl groups excluding tert-OH is 2. The van der Waals surface area contributed by atoms with Gasteiger partial charge in [-0.3, -0.25) is 9.59 Å². The minimum Gasteiger partial charge on any atom is -0.390 e. The molecule has 1 heterocycles. The Balaban J connectivity index is 1.21. The highest BCUT2D eigenvalue weighted by Gasteiger charge is 2.80. The number of halogens is 2. The zero-order valence-corrected chi connectivity index (χ0v) is 26.5. The van der Waals surface area contributed by atoms with Gasteiger partial charge in [-0.15, -0.1) is 0 Å². The van der Waals surface area contributed by atoms with Gasteiger partial charge >= 0.3 is 0 Å². The van der Waals surface area contributed by atoms with Crippen LogP contribution < -0.4 is 5.32 Å². The molecule has 9 heteroatoms. The Hall–Kier alpha value is -3.24. The summed E-state index contributed by atoms with van der Waals surface area (Å²) in [7, 11) is 1.88. The first kappa shape index (κ1) is 31.4. The standard InChI is InChI=1S/C37H41F2NO6/c1-20(23-6-5-7-24(14-23)40-4)21-8-10-22(11-9-21)33-45-32-17-26-27-16-29(38)28-15-25(42)12-13-34(28,2)36(27,39)30(43)18-35(26,3)37(32,46-33)31(44)19-41/h5-15,20,26-27,29-30,32-33,40-41,43H,16-19H2,1-4H3/t20-,26+,27+,29+,30+,32-,33-,34+,35+,36+,37-/m1/s1. The van der Waals surface area contributed by atoms with Crippen LogP contribution in [0, 0.1) is 22.7 Å². The van der Waals surface area contributed by atoms with E-state index >= 15 is 8.78 Å². The van der Waals surface area contributed by atoms with Gasteiger partial charge in [-0.05, 0) is 73.1 Å². The number of aliphatic hydroxyl groups is 2. The molecule has 0 amide bonds. The lowest BCUT2D eigenvalue weighted by Crippen LogP contribution is -2.70. The first-order chi connectivity index (χ1) is 21.8. The summed E-state index contributed by atoms with van der Waals surface area (Å²) in [5, 5.41) is 25.1. The predicted octanol–water partition coefficient (Wildman–Crippen LogP) is 5.52. The summed E-state index contributed by atoms with van der Waals surface area (Å²) < 4.78 is 46.5. The number of alkyl halides is 2. The number of benzene rings is 2. The van der Waals surface area contributed by atoms with Gasteiger partial charge in [0.1, 0.15) is 12.8 Å². The van der Waals surface area contributed by atoms with Crippen molar-refractivity contribution < 1.29 is 38.1 Å². The first-order valence-corrected chi connectivity index (χ1v) is 16.2. The van der Waals surface area contributed by atoms with Crippen LogP contribution in [0.2, 0.25) is 0 Å². The van der Waals surface area contributed by atoms with E-state index in [4.69, 9.17) is 9.47 Å². The Labute approximate surface area is 267 Å². The maximum Gasteiger partial charge on any atom is 0.193 e. The van der Waals surface area contributed by atoms with E-state index in [0.29, 0.717) is 5.56 Å². The van der Waals surface area contributed by atoms with E-state index in [2.05, 4.69) is 24.4 Å². The number of Topliss-reactive ketones (excluding diaryl/α,β-unsaturated/α-hetero) is 1. The van der Waals surface area contributed by atoms with E-state index in [1.165, 1.54) is 12.2 Å². The molecule has 244 valence electrons. The van der Waals surface area contributed by atoms with Crippen molar-refractivity contribution in [2.75, 3.05) is 19.0 Å². The molecule has 2 aromatic rings. The molecule has 4 aliphatic carbocycles. The lowest BCUT2D eigenvalue weighted by atomic mass is 9.44. The summed E-state index contributed by atoms with van der Waals surface area (Å²) >= 11 is 0. The number of nitrogens with one attached hydrogen (secondary N) is 1. The lowest BCUT2D eigenvalue weighted by molar-refractivity contribution is -0.235. The number of ether oxygens (including phenoxy) is 2. The van der Waals surface area contributed by atoms with Crippen molar-refractivity contribution in [3.8, 4) is 0 Å². The van der Waals surface area contributed by atoms with Gasteiger partial charge in [0.05, 0.1) is 12.2 Å². The molecule has 4 fully saturated rings. The quantitative estimate of drug-likeness (QED) is 0.385. The number of carbonyl (C=O) groups excluding carboxylic acids is 2. The van der Waals surface area contributed by atoms with Gasteiger partial charge < -0.3 is 25.0 Å². The number of fused-ring (bicyclic) bond motifs is 7. The number of rotatable bonds is 6. The van der Waals surface area contributed by atoms with Crippen LogP contribution in [0.25, 0.3) is 0 Å². The maximum atomic E-state index is 17.6. The summed E-state index contributed by atoms with van der Waals surface area (Å²) in [6.07, 6.45) is -1.37. The van der Waals surface area contributed by atoms with Gasteiger partial charge in [-0.25, -0.2) is 8.78 Å². The molecule has 11 atom stereocenters. The van der Waals surface area contributed by atoms with Gasteiger partial charge in [0, 0.05) is 41.0 Å². The normalized spacial score (nSPS) is 41.6. The van der Waals surface area contributed by atoms with E-state index in [-0.39, 0.29) is 30.8 Å². The molecule has 5 aliphatic rings. The fraction of sp³-hybridized carbons (Fsp3) is 0.514. The maximum absolute atomic E-state index is 17.6. The topological polar surface area (TPSA) is 105 Å². The Morgan fingerprint density at radius 2 is 1.85 bits per heavy atom. The molecular weight excluding hydrogens is 592 g/mol. The third-order valence-corrected chi connectivity index (χ3v) is 12.3. The van der Waals surface area contributed by atoms with Crippen molar-refractivity contribution >= 4 is 17.3 Å². The largest absolute Gasteiger partial charge is 0.390 e. The number of allylic oxidation sites excluding steroid dienone is 4. The molecule has 0 radical (unpaired) electrons. The highest BCUT2D eigenvalue weighted by atomic mass is 19.1. The lowest BCUT2D eigenvalue weighted by Gasteiger charge is -2.63. The molecule has 1 saturated heterocycles. The van der Waals surface area contributed by atoms with Crippen molar-refractivity contribution in [3.05, 3.63) is 89.0 Å². The molecule has 46 heavy (non-hydrogen) atoms. The van der Waals surface area contributed by atoms with E-state index in [1.807, 2.05) is 43.4 Å². The SMILES string of the molecule is CNc1cccc([C@H](C)c2ccc([C@@H]3O[C@@H]4C[C@H]5[C@@H]6C[C@H](F)C7=CC(=O)C=C[C@]7(C)[C@@]6(F)[C@@H](O)C[C@]5(C)[C@]4(C(=O)CO)O3)cc2)c1. The molecule has 0 unspecified atom stereocenters. The fourth-order valence-corrected chi connectivity index (χ4v) is 9.81. The van der Waals surface area contributed by atoms with Crippen molar-refractivity contribution in [1.82, 2.24) is 0 Å². The Bertz CT molecular complexity index is 1640. The summed E-state index contributed by atoms with van der Waals surface area (Å²) in [6.45, 7) is 4.63. The van der Waals surface area contributed by atoms with Gasteiger partial charge in [0.25, 0.3) is 0 Å². The van der Waals surface area contributed by atoms with Crippen molar-refractivity contribution in [3.63, 3.8) is 0 Å². The van der Waals surface area contributed by atoms with Gasteiger partial charge in [0.2, 0.25) is 0 Å². The number of hydrogen-bond acceptors (Lipinski definition) is 7. The molecule has 0 bridgehead atoms. The third kappa shape index (κ3) is 4.01. The summed E-state index contributed by atoms with van der Waals surface area (Å²) in [5.74, 6) is -2.48. The molecule has 3 saturated carbocycles. The minimum atomic E-state index is -2.29. The van der Waals surface area contributed by atoms with E-state index < -0.39 is 76.8 Å². The molecule has 2 aromatic carbocycles. The summed E-state index contributed by atoms with van der Waals surface area (Å²) in [5.41, 5.74) is -2.66. The molecule has 7 nitrogen and oxygen atoms in total. The van der Waals surface area contributed by atoms with Gasteiger partial charge in [-0.1, -0.05) is 56.3 Å². The Kier molecular flexibility index (Phi) is 7.25. The highest BCUT2D eigenvalue weighted by Crippen LogP contribution is 2.72. The highest BCUT2D eigenvalue weighted by molar-refractivity contribution is 6.01. The summed E-state index contributed by atoms with van der Waals surface area (Å²) in [4.78, 5) is 25.9. The minimum absolute atomic E-state index is 0.0424. The van der Waals surface area contributed by atoms with Crippen LogP contribution in [-0.2, 0) is 19.1 Å². The number of hydrogen-bond donors (Lipinski definition) is 3. The Morgan fingerprint density at radius 3 is 2.54 bits per heavy atom. The molecule has 0 aromatic heterocycles. The van der Waals surface area contributed by atoms with E-state index in [1.54, 1.807) is 13.8 Å². The molecule has 0 spiro atoms. The van der Waals surface area contributed by atoms with Crippen molar-refractivity contribution in [2.45, 2.75) is 81.9 Å². The van der Waals surface area contributed by atoms with Crippen LogP contribution in [0.3, 0.4) is 0 Å². The molecular formula is C37H41F2NO6. The van der Waals surface area contributed by atoms with Crippen molar-refractivity contribution in [1.29, 1.82) is 0 Å². The second-order valence-corrected chi connectivity index (χ2v) is 14.3. The van der Waals surface area contributed by atoms with Crippen LogP contribution in [0.4, 0.5) is 14.5 Å². The van der Waals surface area contributed by atoms with Crippen LogP contribution in [-0.4, -0.2) is 65.1 Å². The number of carbonyl (C=O) groups is 2. The Morgan fingerprint density at radius 1 is 1.11 bits per heavy atom. The average Bonchev–Trinajstić information content (AvgIpc) is 3.56. The number of anilines is 1. The predicted molar refractivity (Wildman–Crippen MR) is 167 cm³/mol. The van der Waals surface area contributed by atoms with E-state index in [0.717, 1.165) is 22.9 Å². The monoisotopic (exact) mass is 633 g/mol. The zero-order chi connectivity index (χ0) is 32.8. The smallest absolute Gasteiger partial charge is 0.193 e. The number of ketones is 2. The van der Waals surface area contributed by atoms with Crippen molar-refractivity contribution in [2.24, 2.45) is 22.7 Å². The first-order valence-electron chi connectivity index (χ1n) is 16.2. The average molecular weight is 634 g/mol. The van der Waals surface area contributed by atoms with Crippen LogP contribution in [0.15, 0.2) is 72.3 Å². The van der Waals surface area contributed by atoms with Crippen LogP contribution >= 0.6 is 0 Å². The third-order valence-electron chi connectivity index (χ3n) is 12.3. The van der Waals surface area contributed by atoms with Gasteiger partial charge in [0.15, 0.2) is 29.1 Å². The second kappa shape index (κ2) is 10.6. The van der Waals surface area contributed by atoms with E-state index in [9.17, 15) is 19.8 Å². The summed E-state index contributed by atoms with van der Waals surface area (Å²) in [6, 6.07) is 16.0. The molecule has 7 rings (SSSR count). The van der Waals surface area contributed by atoms with Crippen LogP contribution in [0.5, 0.6) is 0 Å². The fourth-order valence-electron chi connectivity index (χ4n) is 9.81. The molecule has 3 N–H and O–H groups in total. The van der Waals surface area contributed by atoms with Crippen LogP contribution in [0.1, 0.15) is 68.9 Å². The zero-order valence-electron chi connectivity index (χ0n) is 26.5. The second-order valence-electron chi connectivity index (χ2n) is 14.3. The molecule has 1 aliphatic heterocycles.